The van der Waals surface area contributed by atoms with Gasteiger partial charge in [-0.15, -0.1) is 0 Å². The highest BCUT2D eigenvalue weighted by molar-refractivity contribution is 5.99. The predicted octanol–water partition coefficient (Wildman–Crippen LogP) is 6.52. The van der Waals surface area contributed by atoms with Crippen LogP contribution in [0.2, 0.25) is 0 Å². The van der Waals surface area contributed by atoms with Crippen LogP contribution in [0.3, 0.4) is 0 Å². The molecular weight excluding hydrogens is 476 g/mol. The van der Waals surface area contributed by atoms with Crippen LogP contribution >= 0.6 is 0 Å². The first-order valence-electron chi connectivity index (χ1n) is 13.3. The first-order chi connectivity index (χ1) is 18.0. The van der Waals surface area contributed by atoms with E-state index in [-0.39, 0.29) is 23.7 Å². The molecule has 2 aliphatic rings. The number of aromatic amines is 1. The van der Waals surface area contributed by atoms with E-state index in [0.29, 0.717) is 25.5 Å². The summed E-state index contributed by atoms with van der Waals surface area (Å²) in [7, 11) is 0. The van der Waals surface area contributed by atoms with Gasteiger partial charge in [-0.2, -0.15) is 5.10 Å². The molecule has 37 heavy (non-hydrogen) atoms. The minimum atomic E-state index is -0.863. The van der Waals surface area contributed by atoms with Crippen LogP contribution < -0.4 is 0 Å². The zero-order valence-electron chi connectivity index (χ0n) is 20.9. The SMILES string of the molecule is CCOC(=O)[C@H]1CC[C@H](c2c(C3CCOCC3)n(-c3ccc(F)c(F)c3)c3cc4cn[nH]c4cc32)CC1. The molecule has 0 amide bonds. The molecule has 1 saturated heterocycles. The molecule has 0 bridgehead atoms. The molecule has 0 unspecified atom stereocenters. The molecule has 194 valence electrons. The Morgan fingerprint density at radius 3 is 2.57 bits per heavy atom. The molecule has 8 heteroatoms. The van der Waals surface area contributed by atoms with Crippen LogP contribution in [0.5, 0.6) is 0 Å². The number of hydrogen-bond donors (Lipinski definition) is 1. The third-order valence-corrected chi connectivity index (χ3v) is 8.13. The van der Waals surface area contributed by atoms with E-state index in [9.17, 15) is 13.6 Å². The summed E-state index contributed by atoms with van der Waals surface area (Å²) in [5.41, 5.74) is 4.92. The van der Waals surface area contributed by atoms with Crippen molar-refractivity contribution in [3.05, 3.63) is 59.4 Å². The highest BCUT2D eigenvalue weighted by atomic mass is 19.2. The maximum absolute atomic E-state index is 14.5. The number of esters is 1. The van der Waals surface area contributed by atoms with Gasteiger partial charge in [0, 0.05) is 47.4 Å². The molecule has 1 N–H and O–H groups in total. The third-order valence-electron chi connectivity index (χ3n) is 8.13. The first-order valence-corrected chi connectivity index (χ1v) is 13.3. The molecular formula is C29H31F2N3O3. The molecule has 2 aromatic heterocycles. The number of carbonyl (C=O) groups is 1. The molecule has 1 saturated carbocycles. The largest absolute Gasteiger partial charge is 0.466 e. The van der Waals surface area contributed by atoms with Crippen LogP contribution in [0.25, 0.3) is 27.5 Å². The Labute approximate surface area is 213 Å². The van der Waals surface area contributed by atoms with Crippen LogP contribution in [-0.2, 0) is 14.3 Å². The zero-order valence-corrected chi connectivity index (χ0v) is 20.9. The van der Waals surface area contributed by atoms with Gasteiger partial charge < -0.3 is 14.0 Å². The molecule has 0 atom stereocenters. The number of H-pyrrole nitrogens is 1. The quantitative estimate of drug-likeness (QED) is 0.313. The molecule has 1 aliphatic carbocycles. The van der Waals surface area contributed by atoms with E-state index in [1.54, 1.807) is 12.3 Å². The summed E-state index contributed by atoms with van der Waals surface area (Å²) < 4.78 is 41.6. The number of nitrogens with one attached hydrogen (secondary N) is 1. The van der Waals surface area contributed by atoms with Gasteiger partial charge in [-0.3, -0.25) is 9.89 Å². The Morgan fingerprint density at radius 1 is 1.05 bits per heavy atom. The summed E-state index contributed by atoms with van der Waals surface area (Å²) in [5.74, 6) is -1.42. The summed E-state index contributed by atoms with van der Waals surface area (Å²) in [4.78, 5) is 12.4. The van der Waals surface area contributed by atoms with Crippen molar-refractivity contribution in [2.24, 2.45) is 5.92 Å². The highest BCUT2D eigenvalue weighted by Crippen LogP contribution is 2.47. The van der Waals surface area contributed by atoms with Gasteiger partial charge in [-0.05, 0) is 81.2 Å². The number of ether oxygens (including phenoxy) is 2. The van der Waals surface area contributed by atoms with E-state index in [1.165, 1.54) is 17.7 Å². The Kier molecular flexibility index (Phi) is 6.44. The maximum atomic E-state index is 14.5. The topological polar surface area (TPSA) is 69.1 Å². The van der Waals surface area contributed by atoms with Crippen LogP contribution in [0, 0.1) is 17.6 Å². The van der Waals surface area contributed by atoms with Crippen molar-refractivity contribution in [1.29, 1.82) is 0 Å². The third kappa shape index (κ3) is 4.31. The number of fused-ring (bicyclic) bond motifs is 2. The van der Waals surface area contributed by atoms with Gasteiger partial charge in [-0.1, -0.05) is 0 Å². The predicted molar refractivity (Wildman–Crippen MR) is 137 cm³/mol. The Balaban J connectivity index is 1.55. The van der Waals surface area contributed by atoms with Crippen molar-refractivity contribution < 1.29 is 23.0 Å². The molecule has 4 aromatic rings. The number of rotatable bonds is 5. The van der Waals surface area contributed by atoms with Crippen molar-refractivity contribution in [1.82, 2.24) is 14.8 Å². The number of carbonyl (C=O) groups excluding carboxylic acids is 1. The second kappa shape index (κ2) is 9.89. The fraction of sp³-hybridized carbons (Fsp3) is 0.448. The van der Waals surface area contributed by atoms with Gasteiger partial charge in [0.25, 0.3) is 0 Å². The van der Waals surface area contributed by atoms with Gasteiger partial charge >= 0.3 is 5.97 Å². The van der Waals surface area contributed by atoms with Crippen LogP contribution in [0.4, 0.5) is 8.78 Å². The number of benzene rings is 2. The molecule has 2 aromatic carbocycles. The van der Waals surface area contributed by atoms with Crippen molar-refractivity contribution in [3.63, 3.8) is 0 Å². The molecule has 6 rings (SSSR count). The zero-order chi connectivity index (χ0) is 25.5. The van der Waals surface area contributed by atoms with Crippen molar-refractivity contribution in [3.8, 4) is 5.69 Å². The number of halogens is 2. The first kappa shape index (κ1) is 24.1. The van der Waals surface area contributed by atoms with E-state index in [1.807, 2.05) is 6.92 Å². The lowest BCUT2D eigenvalue weighted by molar-refractivity contribution is -0.149. The van der Waals surface area contributed by atoms with Gasteiger partial charge in [0.2, 0.25) is 0 Å². The number of aromatic nitrogens is 3. The monoisotopic (exact) mass is 507 g/mol. The average molecular weight is 508 g/mol. The van der Waals surface area contributed by atoms with Crippen LogP contribution in [0.15, 0.2) is 36.5 Å². The smallest absolute Gasteiger partial charge is 0.308 e. The second-order valence-electron chi connectivity index (χ2n) is 10.2. The molecule has 1 aliphatic heterocycles. The highest BCUT2D eigenvalue weighted by Gasteiger charge is 2.35. The fourth-order valence-corrected chi connectivity index (χ4v) is 6.35. The Bertz CT molecular complexity index is 1450. The fourth-order valence-electron chi connectivity index (χ4n) is 6.35. The van der Waals surface area contributed by atoms with E-state index < -0.39 is 11.6 Å². The lowest BCUT2D eigenvalue weighted by Crippen LogP contribution is -2.24. The second-order valence-corrected chi connectivity index (χ2v) is 10.2. The average Bonchev–Trinajstić information content (AvgIpc) is 3.51. The Morgan fingerprint density at radius 2 is 1.84 bits per heavy atom. The van der Waals surface area contributed by atoms with Crippen molar-refractivity contribution in [2.75, 3.05) is 19.8 Å². The van der Waals surface area contributed by atoms with Crippen LogP contribution in [-0.4, -0.2) is 40.6 Å². The van der Waals surface area contributed by atoms with Gasteiger partial charge in [-0.25, -0.2) is 8.78 Å². The minimum absolute atomic E-state index is 0.0680. The van der Waals surface area contributed by atoms with Gasteiger partial charge in [0.15, 0.2) is 11.6 Å². The van der Waals surface area contributed by atoms with Gasteiger partial charge in [0.05, 0.1) is 29.8 Å². The summed E-state index contributed by atoms with van der Waals surface area (Å²) in [5, 5.41) is 9.38. The summed E-state index contributed by atoms with van der Waals surface area (Å²) in [6.45, 7) is 3.58. The van der Waals surface area contributed by atoms with Gasteiger partial charge in [0.1, 0.15) is 0 Å². The van der Waals surface area contributed by atoms with E-state index in [0.717, 1.165) is 66.0 Å². The molecule has 6 nitrogen and oxygen atoms in total. The maximum Gasteiger partial charge on any atom is 0.308 e. The molecule has 0 spiro atoms. The minimum Gasteiger partial charge on any atom is -0.466 e. The van der Waals surface area contributed by atoms with Crippen LogP contribution in [0.1, 0.15) is 68.5 Å². The number of hydrogen-bond acceptors (Lipinski definition) is 4. The van der Waals surface area contributed by atoms with E-state index >= 15 is 0 Å². The summed E-state index contributed by atoms with van der Waals surface area (Å²) >= 11 is 0. The molecule has 0 radical (unpaired) electrons. The summed E-state index contributed by atoms with van der Waals surface area (Å²) in [6.07, 6.45) is 6.82. The number of nitrogens with zero attached hydrogens (tertiary/aromatic N) is 2. The lowest BCUT2D eigenvalue weighted by Gasteiger charge is -2.31. The standard InChI is InChI=1S/C29H31F2N3O3/c1-2-37-29(35)19-5-3-17(4-6-19)27-22-15-25-20(16-32-33-25)13-26(22)34(21-7-8-23(30)24(31)14-21)28(27)18-9-11-36-12-10-18/h7-8,13-19H,2-6,9-12H2,1H3,(H,32,33)/t17-,19-. The normalized spacial score (nSPS) is 21.1. The molecule has 2 fully saturated rings. The van der Waals surface area contributed by atoms with Crippen molar-refractivity contribution in [2.45, 2.75) is 57.3 Å². The lowest BCUT2D eigenvalue weighted by atomic mass is 9.76. The van der Waals surface area contributed by atoms with Crippen molar-refractivity contribution >= 4 is 27.8 Å². The summed E-state index contributed by atoms with van der Waals surface area (Å²) in [6, 6.07) is 8.38. The molecule has 3 heterocycles. The van der Waals surface area contributed by atoms with E-state index in [2.05, 4.69) is 26.9 Å². The van der Waals surface area contributed by atoms with E-state index in [4.69, 9.17) is 9.47 Å². The Hall–Kier alpha value is -3.26.